The number of tetrazole rings is 1. The summed E-state index contributed by atoms with van der Waals surface area (Å²) in [7, 11) is 0. The zero-order valence-corrected chi connectivity index (χ0v) is 15.0. The Bertz CT molecular complexity index is 738. The van der Waals surface area contributed by atoms with Crippen molar-refractivity contribution in [2.45, 2.75) is 37.6 Å². The maximum Gasteiger partial charge on any atom is 0.222 e. The van der Waals surface area contributed by atoms with E-state index in [9.17, 15) is 4.79 Å². The first-order valence-electron chi connectivity index (χ1n) is 8.78. The van der Waals surface area contributed by atoms with Gasteiger partial charge in [0.25, 0.3) is 0 Å². The summed E-state index contributed by atoms with van der Waals surface area (Å²) in [6.07, 6.45) is 2.86. The van der Waals surface area contributed by atoms with Crippen LogP contribution in [0.25, 0.3) is 0 Å². The van der Waals surface area contributed by atoms with Gasteiger partial charge < -0.3 is 10.1 Å². The summed E-state index contributed by atoms with van der Waals surface area (Å²) >= 11 is 5.96. The van der Waals surface area contributed by atoms with E-state index in [-0.39, 0.29) is 18.1 Å². The Morgan fingerprint density at radius 2 is 2.15 bits per heavy atom. The number of nitrogens with one attached hydrogen (secondary N) is 1. The van der Waals surface area contributed by atoms with Crippen LogP contribution in [-0.4, -0.2) is 62.8 Å². The van der Waals surface area contributed by atoms with E-state index >= 15 is 0 Å². The molecule has 26 heavy (non-hydrogen) atoms. The number of rotatable bonds is 5. The lowest BCUT2D eigenvalue weighted by molar-refractivity contribution is -0.122. The Morgan fingerprint density at radius 3 is 2.92 bits per heavy atom. The van der Waals surface area contributed by atoms with Gasteiger partial charge in [0.2, 0.25) is 5.91 Å². The van der Waals surface area contributed by atoms with Gasteiger partial charge in [0.1, 0.15) is 6.33 Å². The smallest absolute Gasteiger partial charge is 0.222 e. The molecule has 0 aliphatic carbocycles. The van der Waals surface area contributed by atoms with Gasteiger partial charge in [-0.15, -0.1) is 5.10 Å². The number of nitrogens with zero attached hydrogens (tertiary/aromatic N) is 5. The Morgan fingerprint density at radius 1 is 1.31 bits per heavy atom. The van der Waals surface area contributed by atoms with Gasteiger partial charge in [-0.3, -0.25) is 9.69 Å². The van der Waals surface area contributed by atoms with Crippen molar-refractivity contribution in [3.8, 4) is 0 Å². The van der Waals surface area contributed by atoms with Crippen LogP contribution in [0.15, 0.2) is 30.6 Å². The van der Waals surface area contributed by atoms with Crippen LogP contribution in [0.1, 0.15) is 24.5 Å². The summed E-state index contributed by atoms with van der Waals surface area (Å²) in [5.74, 6) is 0.0283. The summed E-state index contributed by atoms with van der Waals surface area (Å²) in [6, 6.07) is 8.34. The van der Waals surface area contributed by atoms with Gasteiger partial charge in [-0.25, -0.2) is 4.68 Å². The highest BCUT2D eigenvalue weighted by molar-refractivity contribution is 6.30. The van der Waals surface area contributed by atoms with Crippen LogP contribution < -0.4 is 5.32 Å². The average Bonchev–Trinajstić information content (AvgIpc) is 3.29. The zero-order chi connectivity index (χ0) is 17.9. The van der Waals surface area contributed by atoms with E-state index in [1.165, 1.54) is 6.33 Å². The highest BCUT2D eigenvalue weighted by Crippen LogP contribution is 2.30. The highest BCUT2D eigenvalue weighted by Gasteiger charge is 2.38. The second-order valence-electron chi connectivity index (χ2n) is 6.80. The number of ether oxygens (including phenoxy) is 1. The molecular formula is C17H21ClN6O2. The van der Waals surface area contributed by atoms with E-state index in [2.05, 4.69) is 25.7 Å². The number of carbonyl (C=O) groups excluding carboxylic acids is 1. The molecular weight excluding hydrogens is 356 g/mol. The molecule has 1 amide bonds. The third-order valence-corrected chi connectivity index (χ3v) is 5.24. The average molecular weight is 377 g/mol. The van der Waals surface area contributed by atoms with Gasteiger partial charge in [-0.05, 0) is 34.5 Å². The Balaban J connectivity index is 1.27. The van der Waals surface area contributed by atoms with Crippen molar-refractivity contribution in [1.82, 2.24) is 30.4 Å². The lowest BCUT2D eigenvalue weighted by atomic mass is 10.1. The highest BCUT2D eigenvalue weighted by atomic mass is 35.5. The first kappa shape index (κ1) is 17.4. The molecule has 2 saturated heterocycles. The molecule has 2 aromatic rings. The van der Waals surface area contributed by atoms with E-state index < -0.39 is 0 Å². The normalized spacial score (nSPS) is 25.8. The zero-order valence-electron chi connectivity index (χ0n) is 14.3. The Kier molecular flexibility index (Phi) is 5.14. The third-order valence-electron chi connectivity index (χ3n) is 4.98. The first-order chi connectivity index (χ1) is 12.7. The second-order valence-corrected chi connectivity index (χ2v) is 7.24. The molecule has 2 aliphatic heterocycles. The van der Waals surface area contributed by atoms with Gasteiger partial charge in [-0.1, -0.05) is 23.7 Å². The van der Waals surface area contributed by atoms with Crippen molar-refractivity contribution in [2.75, 3.05) is 19.7 Å². The molecule has 0 saturated carbocycles. The molecule has 2 fully saturated rings. The molecule has 0 radical (unpaired) electrons. The fourth-order valence-electron chi connectivity index (χ4n) is 3.66. The van der Waals surface area contributed by atoms with Crippen molar-refractivity contribution < 1.29 is 9.53 Å². The number of carbonyl (C=O) groups is 1. The number of halogens is 1. The number of benzene rings is 1. The van der Waals surface area contributed by atoms with Gasteiger partial charge >= 0.3 is 0 Å². The van der Waals surface area contributed by atoms with E-state index in [1.54, 1.807) is 4.68 Å². The summed E-state index contributed by atoms with van der Waals surface area (Å²) in [5.41, 5.74) is 1.14. The molecule has 1 aromatic carbocycles. The molecule has 0 bridgehead atoms. The predicted octanol–water partition coefficient (Wildman–Crippen LogP) is 1.05. The molecule has 9 heteroatoms. The second kappa shape index (κ2) is 7.69. The SMILES string of the molecule is O=C(CCn1cnnn1)N[C@@H]1C[C@H]2CO[C@@H](c3ccc(Cl)cc3)CN2C1. The molecule has 3 heterocycles. The van der Waals surface area contributed by atoms with Crippen molar-refractivity contribution in [3.05, 3.63) is 41.2 Å². The molecule has 2 aliphatic rings. The summed E-state index contributed by atoms with van der Waals surface area (Å²) in [5, 5.41) is 14.7. The summed E-state index contributed by atoms with van der Waals surface area (Å²) in [4.78, 5) is 14.6. The van der Waals surface area contributed by atoms with Crippen LogP contribution >= 0.6 is 11.6 Å². The number of amides is 1. The van der Waals surface area contributed by atoms with Gasteiger partial charge in [0.05, 0.1) is 19.3 Å². The van der Waals surface area contributed by atoms with Crippen LogP contribution in [0.5, 0.6) is 0 Å². The minimum Gasteiger partial charge on any atom is -0.371 e. The maximum atomic E-state index is 12.2. The van der Waals surface area contributed by atoms with Gasteiger partial charge in [0.15, 0.2) is 0 Å². The van der Waals surface area contributed by atoms with Crippen LogP contribution in [-0.2, 0) is 16.1 Å². The molecule has 0 unspecified atom stereocenters. The van der Waals surface area contributed by atoms with E-state index in [1.807, 2.05) is 24.3 Å². The number of hydrogen-bond acceptors (Lipinski definition) is 6. The number of morpholine rings is 1. The molecule has 8 nitrogen and oxygen atoms in total. The van der Waals surface area contributed by atoms with Crippen LogP contribution in [0.3, 0.4) is 0 Å². The van der Waals surface area contributed by atoms with Crippen LogP contribution in [0.4, 0.5) is 0 Å². The van der Waals surface area contributed by atoms with Gasteiger partial charge in [-0.2, -0.15) is 0 Å². The molecule has 4 rings (SSSR count). The van der Waals surface area contributed by atoms with Crippen molar-refractivity contribution in [3.63, 3.8) is 0 Å². The van der Waals surface area contributed by atoms with Crippen molar-refractivity contribution in [2.24, 2.45) is 0 Å². The lowest BCUT2D eigenvalue weighted by Crippen LogP contribution is -2.43. The Hall–Kier alpha value is -2.03. The number of hydrogen-bond donors (Lipinski definition) is 1. The maximum absolute atomic E-state index is 12.2. The molecule has 3 atom stereocenters. The fraction of sp³-hybridized carbons (Fsp3) is 0.529. The minimum atomic E-state index is 0.0283. The van der Waals surface area contributed by atoms with Crippen molar-refractivity contribution in [1.29, 1.82) is 0 Å². The quantitative estimate of drug-likeness (QED) is 0.839. The van der Waals surface area contributed by atoms with Crippen molar-refractivity contribution >= 4 is 17.5 Å². The van der Waals surface area contributed by atoms with Crippen LogP contribution in [0, 0.1) is 0 Å². The predicted molar refractivity (Wildman–Crippen MR) is 94.5 cm³/mol. The number of aryl methyl sites for hydroxylation is 1. The van der Waals surface area contributed by atoms with E-state index in [4.69, 9.17) is 16.3 Å². The van der Waals surface area contributed by atoms with Gasteiger partial charge in [0, 0.05) is 36.6 Å². The van der Waals surface area contributed by atoms with E-state index in [0.29, 0.717) is 25.6 Å². The first-order valence-corrected chi connectivity index (χ1v) is 9.16. The molecule has 0 spiro atoms. The standard InChI is InChI=1S/C17H21ClN6O2/c18-13-3-1-12(2-4-13)16-9-23-8-14(7-15(23)10-26-16)20-17(25)5-6-24-11-19-21-22-24/h1-4,11,14-16H,5-10H2,(H,20,25)/t14-,15+,16-/m1/s1. The number of fused-ring (bicyclic) bond motifs is 1. The summed E-state index contributed by atoms with van der Waals surface area (Å²) in [6.45, 7) is 2.86. The Labute approximate surface area is 156 Å². The summed E-state index contributed by atoms with van der Waals surface area (Å²) < 4.78 is 7.60. The molecule has 1 aromatic heterocycles. The fourth-order valence-corrected chi connectivity index (χ4v) is 3.78. The molecule has 1 N–H and O–H groups in total. The molecule has 138 valence electrons. The van der Waals surface area contributed by atoms with E-state index in [0.717, 1.165) is 30.1 Å². The lowest BCUT2D eigenvalue weighted by Gasteiger charge is -2.35. The topological polar surface area (TPSA) is 85.2 Å². The largest absolute Gasteiger partial charge is 0.371 e. The number of aromatic nitrogens is 4. The minimum absolute atomic E-state index is 0.0283. The monoisotopic (exact) mass is 376 g/mol. The third kappa shape index (κ3) is 4.03. The van der Waals surface area contributed by atoms with Crippen LogP contribution in [0.2, 0.25) is 5.02 Å².